The number of fused-ring (bicyclic) bond motifs is 1. The van der Waals surface area contributed by atoms with Crippen LogP contribution in [0.1, 0.15) is 12.2 Å². The summed E-state index contributed by atoms with van der Waals surface area (Å²) in [6.07, 6.45) is 3.03. The molecule has 0 bridgehead atoms. The average molecular weight is 287 g/mol. The van der Waals surface area contributed by atoms with Crippen molar-refractivity contribution in [2.75, 3.05) is 11.9 Å². The fourth-order valence-corrected chi connectivity index (χ4v) is 2.20. The molecule has 0 unspecified atom stereocenters. The summed E-state index contributed by atoms with van der Waals surface area (Å²) in [4.78, 5) is 17.5. The number of nitrogens with one attached hydrogen (secondary N) is 3. The van der Waals surface area contributed by atoms with Crippen LogP contribution in [-0.4, -0.2) is 26.7 Å². The van der Waals surface area contributed by atoms with Gasteiger partial charge < -0.3 is 5.32 Å². The Morgan fingerprint density at radius 2 is 2.19 bits per heavy atom. The Labute approximate surface area is 119 Å². The van der Waals surface area contributed by atoms with Gasteiger partial charge in [-0.05, 0) is 18.6 Å². The third kappa shape index (κ3) is 2.91. The summed E-state index contributed by atoms with van der Waals surface area (Å²) in [7, 11) is 0. The Hall–Kier alpha value is -2.70. The zero-order chi connectivity index (χ0) is 14.7. The number of aromatic nitrogens is 4. The molecule has 0 aliphatic carbocycles. The average Bonchev–Trinajstić information content (AvgIpc) is 2.90. The lowest BCUT2D eigenvalue weighted by molar-refractivity contribution is 0.637. The van der Waals surface area contributed by atoms with Gasteiger partial charge in [-0.1, -0.05) is 12.1 Å². The molecule has 6 nitrogen and oxygen atoms in total. The van der Waals surface area contributed by atoms with Gasteiger partial charge in [-0.15, -0.1) is 0 Å². The first-order valence-corrected chi connectivity index (χ1v) is 6.65. The quantitative estimate of drug-likeness (QED) is 0.625. The minimum Gasteiger partial charge on any atom is -0.384 e. The van der Waals surface area contributed by atoms with Crippen molar-refractivity contribution in [3.8, 4) is 0 Å². The van der Waals surface area contributed by atoms with Crippen LogP contribution < -0.4 is 11.0 Å². The number of rotatable bonds is 5. The second kappa shape index (κ2) is 5.74. The highest BCUT2D eigenvalue weighted by molar-refractivity contribution is 5.91. The molecule has 0 radical (unpaired) electrons. The summed E-state index contributed by atoms with van der Waals surface area (Å²) in [5.74, 6) is 0.303. The van der Waals surface area contributed by atoms with Crippen molar-refractivity contribution in [3.63, 3.8) is 0 Å². The van der Waals surface area contributed by atoms with E-state index in [0.29, 0.717) is 24.3 Å². The molecule has 0 aliphatic heterocycles. The molecule has 0 atom stereocenters. The Morgan fingerprint density at radius 3 is 3.00 bits per heavy atom. The van der Waals surface area contributed by atoms with E-state index in [1.54, 1.807) is 12.3 Å². The molecule has 3 N–H and O–H groups in total. The predicted molar refractivity (Wildman–Crippen MR) is 77.7 cm³/mol. The van der Waals surface area contributed by atoms with Crippen molar-refractivity contribution in [3.05, 3.63) is 52.6 Å². The van der Waals surface area contributed by atoms with Gasteiger partial charge in [-0.3, -0.25) is 9.97 Å². The molecule has 0 aliphatic rings. The second-order valence-electron chi connectivity index (χ2n) is 4.65. The maximum absolute atomic E-state index is 13.6. The molecule has 0 saturated heterocycles. The summed E-state index contributed by atoms with van der Waals surface area (Å²) in [6, 6.07) is 6.71. The van der Waals surface area contributed by atoms with Crippen molar-refractivity contribution < 1.29 is 4.39 Å². The molecule has 1 aromatic carbocycles. The highest BCUT2D eigenvalue weighted by Crippen LogP contribution is 2.23. The van der Waals surface area contributed by atoms with E-state index < -0.39 is 0 Å². The van der Waals surface area contributed by atoms with E-state index in [2.05, 4.69) is 25.5 Å². The lowest BCUT2D eigenvalue weighted by Crippen LogP contribution is -2.05. The maximum Gasteiger partial charge on any atom is 0.340 e. The lowest BCUT2D eigenvalue weighted by Gasteiger charge is -2.09. The molecule has 108 valence electrons. The Bertz CT molecular complexity index is 810. The van der Waals surface area contributed by atoms with Gasteiger partial charge in [-0.25, -0.2) is 14.3 Å². The number of pyridine rings is 1. The molecule has 0 spiro atoms. The van der Waals surface area contributed by atoms with Crippen molar-refractivity contribution in [1.82, 2.24) is 20.2 Å². The zero-order valence-corrected chi connectivity index (χ0v) is 11.2. The van der Waals surface area contributed by atoms with E-state index in [4.69, 9.17) is 0 Å². The van der Waals surface area contributed by atoms with Crippen LogP contribution in [0, 0.1) is 5.82 Å². The van der Waals surface area contributed by atoms with Crippen LogP contribution in [0.15, 0.2) is 35.3 Å². The van der Waals surface area contributed by atoms with E-state index in [9.17, 15) is 9.18 Å². The van der Waals surface area contributed by atoms with Gasteiger partial charge in [0.2, 0.25) is 0 Å². The van der Waals surface area contributed by atoms with Crippen LogP contribution in [0.5, 0.6) is 0 Å². The third-order valence-corrected chi connectivity index (χ3v) is 3.18. The number of hydrogen-bond donors (Lipinski definition) is 3. The first-order valence-electron chi connectivity index (χ1n) is 6.65. The number of anilines is 1. The first kappa shape index (κ1) is 13.3. The molecule has 7 heteroatoms. The fraction of sp³-hybridized carbons (Fsp3) is 0.214. The number of aromatic amines is 2. The maximum atomic E-state index is 13.6. The van der Waals surface area contributed by atoms with Crippen molar-refractivity contribution in [2.24, 2.45) is 0 Å². The normalized spacial score (nSPS) is 10.9. The predicted octanol–water partition coefficient (Wildman–Crippen LogP) is 1.83. The SMILES string of the molecule is O=c1[nH]nc(CCCNc2ccnc3c(F)cccc23)[nH]1. The van der Waals surface area contributed by atoms with Gasteiger partial charge in [-0.2, -0.15) is 5.10 Å². The van der Waals surface area contributed by atoms with E-state index in [-0.39, 0.29) is 11.5 Å². The van der Waals surface area contributed by atoms with E-state index in [0.717, 1.165) is 17.5 Å². The Morgan fingerprint density at radius 1 is 1.29 bits per heavy atom. The van der Waals surface area contributed by atoms with Gasteiger partial charge >= 0.3 is 5.69 Å². The van der Waals surface area contributed by atoms with Gasteiger partial charge in [0.05, 0.1) is 0 Å². The standard InChI is InChI=1S/C14H14FN5O/c15-10-4-1-3-9-11(6-8-17-13(9)10)16-7-2-5-12-18-14(21)20-19-12/h1,3-4,6,8H,2,5,7H2,(H,16,17)(H2,18,19,20,21). The number of nitrogens with zero attached hydrogens (tertiary/aromatic N) is 2. The molecular weight excluding hydrogens is 273 g/mol. The highest BCUT2D eigenvalue weighted by Gasteiger charge is 2.05. The summed E-state index contributed by atoms with van der Waals surface area (Å²) >= 11 is 0. The number of hydrogen-bond acceptors (Lipinski definition) is 4. The molecule has 0 amide bonds. The van der Waals surface area contributed by atoms with E-state index in [1.807, 2.05) is 12.1 Å². The number of para-hydroxylation sites is 1. The summed E-state index contributed by atoms with van der Waals surface area (Å²) in [5, 5.41) is 10.2. The molecule has 21 heavy (non-hydrogen) atoms. The summed E-state index contributed by atoms with van der Waals surface area (Å²) in [6.45, 7) is 0.685. The number of aryl methyl sites for hydroxylation is 1. The zero-order valence-electron chi connectivity index (χ0n) is 11.2. The van der Waals surface area contributed by atoms with Gasteiger partial charge in [0.25, 0.3) is 0 Å². The molecule has 0 saturated carbocycles. The van der Waals surface area contributed by atoms with Crippen LogP contribution in [0.4, 0.5) is 10.1 Å². The Balaban J connectivity index is 1.65. The van der Waals surface area contributed by atoms with Crippen molar-refractivity contribution in [2.45, 2.75) is 12.8 Å². The first-order chi connectivity index (χ1) is 10.2. The summed E-state index contributed by atoms with van der Waals surface area (Å²) < 4.78 is 13.6. The second-order valence-corrected chi connectivity index (χ2v) is 4.65. The topological polar surface area (TPSA) is 86.5 Å². The van der Waals surface area contributed by atoms with Crippen molar-refractivity contribution in [1.29, 1.82) is 0 Å². The largest absolute Gasteiger partial charge is 0.384 e. The van der Waals surface area contributed by atoms with Crippen LogP contribution in [0.3, 0.4) is 0 Å². The highest BCUT2D eigenvalue weighted by atomic mass is 19.1. The van der Waals surface area contributed by atoms with Crippen LogP contribution in [-0.2, 0) is 6.42 Å². The molecular formula is C14H14FN5O. The Kier molecular flexibility index (Phi) is 3.63. The molecule has 3 aromatic rings. The number of benzene rings is 1. The van der Waals surface area contributed by atoms with Crippen LogP contribution in [0.2, 0.25) is 0 Å². The number of H-pyrrole nitrogens is 2. The molecule has 2 heterocycles. The van der Waals surface area contributed by atoms with Gasteiger partial charge in [0.1, 0.15) is 17.2 Å². The van der Waals surface area contributed by atoms with E-state index in [1.165, 1.54) is 6.07 Å². The third-order valence-electron chi connectivity index (χ3n) is 3.18. The minimum atomic E-state index is -0.328. The molecule has 2 aromatic heterocycles. The van der Waals surface area contributed by atoms with Crippen LogP contribution in [0.25, 0.3) is 10.9 Å². The van der Waals surface area contributed by atoms with Gasteiger partial charge in [0, 0.05) is 30.2 Å². The minimum absolute atomic E-state index is 0.298. The molecule has 0 fully saturated rings. The lowest BCUT2D eigenvalue weighted by atomic mass is 10.1. The molecule has 3 rings (SSSR count). The van der Waals surface area contributed by atoms with Gasteiger partial charge in [0.15, 0.2) is 0 Å². The summed E-state index contributed by atoms with van der Waals surface area (Å²) in [5.41, 5.74) is 0.905. The van der Waals surface area contributed by atoms with Crippen LogP contribution >= 0.6 is 0 Å². The fourth-order valence-electron chi connectivity index (χ4n) is 2.20. The smallest absolute Gasteiger partial charge is 0.340 e. The monoisotopic (exact) mass is 287 g/mol. The number of halogens is 1. The van der Waals surface area contributed by atoms with Crippen molar-refractivity contribution >= 4 is 16.6 Å². The van der Waals surface area contributed by atoms with E-state index >= 15 is 0 Å².